The van der Waals surface area contributed by atoms with Gasteiger partial charge in [-0.2, -0.15) is 0 Å². The molecule has 1 aromatic heterocycles. The molecule has 0 aliphatic rings. The Balaban J connectivity index is 1.96. The summed E-state index contributed by atoms with van der Waals surface area (Å²) in [6.07, 6.45) is 0. The zero-order valence-corrected chi connectivity index (χ0v) is 14.1. The maximum Gasteiger partial charge on any atom is 0.234 e. The molecule has 1 N–H and O–H groups in total. The van der Waals surface area contributed by atoms with Crippen molar-refractivity contribution >= 4 is 29.1 Å². The van der Waals surface area contributed by atoms with Crippen LogP contribution in [0.4, 0.5) is 5.69 Å². The third kappa shape index (κ3) is 4.88. The molecule has 1 heterocycles. The van der Waals surface area contributed by atoms with Gasteiger partial charge in [0.25, 0.3) is 0 Å². The van der Waals surface area contributed by atoms with Crippen LogP contribution in [0.3, 0.4) is 0 Å². The lowest BCUT2D eigenvalue weighted by Gasteiger charge is -2.09. The van der Waals surface area contributed by atoms with Crippen LogP contribution in [0, 0.1) is 5.92 Å². The van der Waals surface area contributed by atoms with Crippen LogP contribution < -0.4 is 5.32 Å². The molecule has 0 spiro atoms. The van der Waals surface area contributed by atoms with E-state index >= 15 is 0 Å². The highest BCUT2D eigenvalue weighted by Gasteiger charge is 2.13. The van der Waals surface area contributed by atoms with Crippen molar-refractivity contribution in [2.24, 2.45) is 5.92 Å². The number of para-hydroxylation sites is 1. The highest BCUT2D eigenvalue weighted by atomic mass is 32.2. The van der Waals surface area contributed by atoms with Crippen LogP contribution in [-0.4, -0.2) is 37.7 Å². The first-order valence-electron chi connectivity index (χ1n) is 7.26. The molecule has 0 saturated heterocycles. The molecular weight excluding hydrogens is 314 g/mol. The lowest BCUT2D eigenvalue weighted by Crippen LogP contribution is -2.17. The molecule has 0 aliphatic heterocycles. The van der Waals surface area contributed by atoms with Crippen molar-refractivity contribution in [1.29, 1.82) is 0 Å². The van der Waals surface area contributed by atoms with E-state index in [1.165, 1.54) is 18.7 Å². The predicted molar refractivity (Wildman–Crippen MR) is 88.5 cm³/mol. The fourth-order valence-corrected chi connectivity index (χ4v) is 2.66. The number of carbonyl (C=O) groups excluding carboxylic acids is 2. The van der Waals surface area contributed by atoms with E-state index in [0.29, 0.717) is 28.9 Å². The Morgan fingerprint density at radius 2 is 2.04 bits per heavy atom. The molecule has 2 aromatic rings. The molecule has 0 bridgehead atoms. The van der Waals surface area contributed by atoms with Crippen molar-refractivity contribution in [1.82, 2.24) is 20.2 Å². The molecule has 122 valence electrons. The van der Waals surface area contributed by atoms with Gasteiger partial charge in [0.2, 0.25) is 11.1 Å². The van der Waals surface area contributed by atoms with E-state index in [9.17, 15) is 9.59 Å². The SMILES string of the molecule is CC(=O)c1ccccc1NC(=O)CSc1nnnn1CC(C)C. The number of anilines is 1. The molecule has 0 saturated carbocycles. The molecule has 1 aromatic carbocycles. The first-order chi connectivity index (χ1) is 11.0. The molecule has 7 nitrogen and oxygen atoms in total. The van der Waals surface area contributed by atoms with Crippen molar-refractivity contribution in [2.45, 2.75) is 32.5 Å². The van der Waals surface area contributed by atoms with Crippen LogP contribution in [0.2, 0.25) is 0 Å². The number of nitrogens with zero attached hydrogens (tertiary/aromatic N) is 4. The molecule has 1 amide bonds. The standard InChI is InChI=1S/C15H19N5O2S/c1-10(2)8-20-15(17-18-19-20)23-9-14(22)16-13-7-5-4-6-12(13)11(3)21/h4-7,10H,8-9H2,1-3H3,(H,16,22). The normalized spacial score (nSPS) is 10.8. The Labute approximate surface area is 138 Å². The fraction of sp³-hybridized carbons (Fsp3) is 0.400. The monoisotopic (exact) mass is 333 g/mol. The quantitative estimate of drug-likeness (QED) is 0.617. The van der Waals surface area contributed by atoms with E-state index in [4.69, 9.17) is 0 Å². The van der Waals surface area contributed by atoms with Gasteiger partial charge in [0.1, 0.15) is 0 Å². The Hall–Kier alpha value is -2.22. The second kappa shape index (κ2) is 7.87. The average Bonchev–Trinajstić information content (AvgIpc) is 2.92. The van der Waals surface area contributed by atoms with Gasteiger partial charge in [-0.05, 0) is 35.4 Å². The Bertz CT molecular complexity index is 699. The average molecular weight is 333 g/mol. The van der Waals surface area contributed by atoms with E-state index in [-0.39, 0.29) is 17.4 Å². The second-order valence-electron chi connectivity index (χ2n) is 5.48. The van der Waals surface area contributed by atoms with Crippen LogP contribution >= 0.6 is 11.8 Å². The Morgan fingerprint density at radius 3 is 2.74 bits per heavy atom. The number of rotatable bonds is 7. The fourth-order valence-electron chi connectivity index (χ4n) is 1.98. The number of hydrogen-bond acceptors (Lipinski definition) is 6. The molecule has 0 unspecified atom stereocenters. The summed E-state index contributed by atoms with van der Waals surface area (Å²) in [5.74, 6) is 0.288. The van der Waals surface area contributed by atoms with Crippen LogP contribution in [0.15, 0.2) is 29.4 Å². The number of ketones is 1. The number of Topliss-reactive ketones (excluding diaryl/α,β-unsaturated/α-hetero) is 1. The van der Waals surface area contributed by atoms with Gasteiger partial charge in [-0.3, -0.25) is 9.59 Å². The van der Waals surface area contributed by atoms with Gasteiger partial charge in [0, 0.05) is 12.1 Å². The molecule has 0 atom stereocenters. The van der Waals surface area contributed by atoms with Gasteiger partial charge in [0.05, 0.1) is 11.4 Å². The van der Waals surface area contributed by atoms with Gasteiger partial charge in [-0.25, -0.2) is 4.68 Å². The Morgan fingerprint density at radius 1 is 1.30 bits per heavy atom. The van der Waals surface area contributed by atoms with Gasteiger partial charge >= 0.3 is 0 Å². The maximum absolute atomic E-state index is 12.1. The van der Waals surface area contributed by atoms with Crippen molar-refractivity contribution in [3.8, 4) is 0 Å². The molecule has 2 rings (SSSR count). The summed E-state index contributed by atoms with van der Waals surface area (Å²) < 4.78 is 1.69. The summed E-state index contributed by atoms with van der Waals surface area (Å²) in [4.78, 5) is 23.6. The third-order valence-electron chi connectivity index (χ3n) is 2.95. The third-order valence-corrected chi connectivity index (χ3v) is 3.91. The summed E-state index contributed by atoms with van der Waals surface area (Å²) in [6.45, 7) is 6.31. The summed E-state index contributed by atoms with van der Waals surface area (Å²) in [5, 5.41) is 14.8. The first kappa shape index (κ1) is 17.1. The van der Waals surface area contributed by atoms with E-state index in [1.807, 2.05) is 0 Å². The van der Waals surface area contributed by atoms with E-state index in [0.717, 1.165) is 0 Å². The molecule has 0 radical (unpaired) electrons. The van der Waals surface area contributed by atoms with Crippen molar-refractivity contribution in [3.05, 3.63) is 29.8 Å². The largest absolute Gasteiger partial charge is 0.325 e. The number of carbonyl (C=O) groups is 2. The molecule has 0 aliphatic carbocycles. The van der Waals surface area contributed by atoms with Crippen LogP contribution in [-0.2, 0) is 11.3 Å². The van der Waals surface area contributed by atoms with E-state index in [1.54, 1.807) is 28.9 Å². The predicted octanol–water partition coefficient (Wildman–Crippen LogP) is 2.26. The summed E-state index contributed by atoms with van der Waals surface area (Å²) in [7, 11) is 0. The van der Waals surface area contributed by atoms with Crippen molar-refractivity contribution in [2.75, 3.05) is 11.1 Å². The summed E-state index contributed by atoms with van der Waals surface area (Å²) >= 11 is 1.27. The van der Waals surface area contributed by atoms with Gasteiger partial charge in [-0.15, -0.1) is 5.10 Å². The minimum atomic E-state index is -0.206. The van der Waals surface area contributed by atoms with E-state index < -0.39 is 0 Å². The highest BCUT2D eigenvalue weighted by Crippen LogP contribution is 2.18. The van der Waals surface area contributed by atoms with Crippen LogP contribution in [0.25, 0.3) is 0 Å². The minimum Gasteiger partial charge on any atom is -0.325 e. The number of thioether (sulfide) groups is 1. The lowest BCUT2D eigenvalue weighted by molar-refractivity contribution is -0.113. The summed E-state index contributed by atoms with van der Waals surface area (Å²) in [6, 6.07) is 6.94. The number of aromatic nitrogens is 4. The highest BCUT2D eigenvalue weighted by molar-refractivity contribution is 7.99. The Kier molecular flexibility index (Phi) is 5.86. The first-order valence-corrected chi connectivity index (χ1v) is 8.24. The number of nitrogens with one attached hydrogen (secondary N) is 1. The molecule has 8 heteroatoms. The van der Waals surface area contributed by atoms with Crippen LogP contribution in [0.5, 0.6) is 0 Å². The van der Waals surface area contributed by atoms with Gasteiger partial charge in [-0.1, -0.05) is 37.7 Å². The smallest absolute Gasteiger partial charge is 0.234 e. The zero-order valence-electron chi connectivity index (χ0n) is 13.3. The van der Waals surface area contributed by atoms with Gasteiger partial charge in [0.15, 0.2) is 5.78 Å². The zero-order chi connectivity index (χ0) is 16.8. The molecule has 23 heavy (non-hydrogen) atoms. The number of tetrazole rings is 1. The maximum atomic E-state index is 12.1. The topological polar surface area (TPSA) is 89.8 Å². The molecule has 0 fully saturated rings. The number of benzene rings is 1. The van der Waals surface area contributed by atoms with E-state index in [2.05, 4.69) is 34.7 Å². The number of hydrogen-bond donors (Lipinski definition) is 1. The van der Waals surface area contributed by atoms with Crippen molar-refractivity contribution < 1.29 is 9.59 Å². The lowest BCUT2D eigenvalue weighted by atomic mass is 10.1. The van der Waals surface area contributed by atoms with Crippen LogP contribution in [0.1, 0.15) is 31.1 Å². The number of amides is 1. The second-order valence-corrected chi connectivity index (χ2v) is 6.42. The minimum absolute atomic E-state index is 0.0885. The molecular formula is C15H19N5O2S. The van der Waals surface area contributed by atoms with Gasteiger partial charge < -0.3 is 5.32 Å². The summed E-state index contributed by atoms with van der Waals surface area (Å²) in [5.41, 5.74) is 1.02. The van der Waals surface area contributed by atoms with Crippen molar-refractivity contribution in [3.63, 3.8) is 0 Å².